The number of para-hydroxylation sites is 1. The number of likely N-dealkylation sites (N-methyl/N-ethyl adjacent to an activating group) is 1. The SMILES string of the molecule is CN1CCN(c2ccccc2C(=O)N(C)C)CC1. The van der Waals surface area contributed by atoms with Crippen molar-refractivity contribution in [3.8, 4) is 0 Å². The number of piperazine rings is 1. The van der Waals surface area contributed by atoms with Crippen LogP contribution in [0.4, 0.5) is 5.69 Å². The van der Waals surface area contributed by atoms with Crippen molar-refractivity contribution >= 4 is 11.6 Å². The van der Waals surface area contributed by atoms with Gasteiger partial charge in [-0.2, -0.15) is 0 Å². The average Bonchev–Trinajstić information content (AvgIpc) is 2.39. The highest BCUT2D eigenvalue weighted by atomic mass is 16.2. The summed E-state index contributed by atoms with van der Waals surface area (Å²) in [5.74, 6) is 0.0736. The number of benzene rings is 1. The van der Waals surface area contributed by atoms with Gasteiger partial charge in [-0.25, -0.2) is 0 Å². The van der Waals surface area contributed by atoms with Crippen LogP contribution < -0.4 is 4.90 Å². The van der Waals surface area contributed by atoms with Crippen molar-refractivity contribution in [2.24, 2.45) is 0 Å². The molecule has 1 aliphatic heterocycles. The Kier molecular flexibility index (Phi) is 3.87. The van der Waals surface area contributed by atoms with E-state index < -0.39 is 0 Å². The predicted molar refractivity (Wildman–Crippen MR) is 74.2 cm³/mol. The first kappa shape index (κ1) is 12.9. The van der Waals surface area contributed by atoms with Gasteiger partial charge >= 0.3 is 0 Å². The van der Waals surface area contributed by atoms with Gasteiger partial charge in [0.05, 0.1) is 5.56 Å². The summed E-state index contributed by atoms with van der Waals surface area (Å²) in [5.41, 5.74) is 1.86. The highest BCUT2D eigenvalue weighted by Gasteiger charge is 2.20. The summed E-state index contributed by atoms with van der Waals surface area (Å²) in [4.78, 5) is 18.4. The number of amides is 1. The van der Waals surface area contributed by atoms with E-state index in [1.54, 1.807) is 19.0 Å². The van der Waals surface area contributed by atoms with Crippen LogP contribution in [0.3, 0.4) is 0 Å². The van der Waals surface area contributed by atoms with E-state index in [1.165, 1.54) is 0 Å². The molecule has 0 aromatic heterocycles. The van der Waals surface area contributed by atoms with Crippen LogP contribution in [0, 0.1) is 0 Å². The zero-order valence-electron chi connectivity index (χ0n) is 11.4. The predicted octanol–water partition coefficient (Wildman–Crippen LogP) is 1.14. The Morgan fingerprint density at radius 3 is 2.33 bits per heavy atom. The monoisotopic (exact) mass is 247 g/mol. The summed E-state index contributed by atoms with van der Waals surface area (Å²) in [5, 5.41) is 0. The number of rotatable bonds is 2. The van der Waals surface area contributed by atoms with Gasteiger partial charge in [-0.3, -0.25) is 4.79 Å². The molecule has 4 heteroatoms. The number of nitrogens with zero attached hydrogens (tertiary/aromatic N) is 3. The molecular weight excluding hydrogens is 226 g/mol. The molecule has 0 atom stereocenters. The first-order valence-electron chi connectivity index (χ1n) is 6.34. The van der Waals surface area contributed by atoms with E-state index in [-0.39, 0.29) is 5.91 Å². The maximum Gasteiger partial charge on any atom is 0.255 e. The number of hydrogen-bond acceptors (Lipinski definition) is 3. The summed E-state index contributed by atoms with van der Waals surface area (Å²) in [7, 11) is 5.72. The normalized spacial score (nSPS) is 16.7. The molecule has 0 aliphatic carbocycles. The average molecular weight is 247 g/mol. The number of hydrogen-bond donors (Lipinski definition) is 0. The van der Waals surface area contributed by atoms with Crippen LogP contribution in [0.25, 0.3) is 0 Å². The molecule has 0 N–H and O–H groups in total. The maximum atomic E-state index is 12.2. The largest absolute Gasteiger partial charge is 0.368 e. The van der Waals surface area contributed by atoms with Crippen LogP contribution >= 0.6 is 0 Å². The standard InChI is InChI=1S/C14H21N3O/c1-15(2)14(18)12-6-4-5-7-13(12)17-10-8-16(3)9-11-17/h4-7H,8-11H2,1-3H3. The van der Waals surface area contributed by atoms with Gasteiger partial charge in [0.1, 0.15) is 0 Å². The van der Waals surface area contributed by atoms with E-state index in [9.17, 15) is 4.79 Å². The molecule has 1 fully saturated rings. The molecule has 98 valence electrons. The molecule has 1 aromatic rings. The first-order valence-corrected chi connectivity index (χ1v) is 6.34. The van der Waals surface area contributed by atoms with E-state index in [4.69, 9.17) is 0 Å². The van der Waals surface area contributed by atoms with Crippen molar-refractivity contribution in [1.29, 1.82) is 0 Å². The molecule has 0 saturated carbocycles. The molecule has 0 bridgehead atoms. The molecule has 18 heavy (non-hydrogen) atoms. The molecule has 4 nitrogen and oxygen atoms in total. The van der Waals surface area contributed by atoms with Crippen LogP contribution in [0.2, 0.25) is 0 Å². The highest BCUT2D eigenvalue weighted by Crippen LogP contribution is 2.22. The quantitative estimate of drug-likeness (QED) is 0.784. The molecule has 2 rings (SSSR count). The lowest BCUT2D eigenvalue weighted by Gasteiger charge is -2.35. The number of anilines is 1. The van der Waals surface area contributed by atoms with Crippen molar-refractivity contribution in [2.75, 3.05) is 52.2 Å². The molecular formula is C14H21N3O. The first-order chi connectivity index (χ1) is 8.59. The summed E-state index contributed by atoms with van der Waals surface area (Å²) < 4.78 is 0. The molecule has 0 spiro atoms. The van der Waals surface area contributed by atoms with Crippen LogP contribution in [-0.2, 0) is 0 Å². The maximum absolute atomic E-state index is 12.2. The Bertz CT molecular complexity index is 423. The van der Waals surface area contributed by atoms with Gasteiger partial charge in [0.2, 0.25) is 0 Å². The molecule has 1 heterocycles. The van der Waals surface area contributed by atoms with Gasteiger partial charge in [-0.05, 0) is 19.2 Å². The van der Waals surface area contributed by atoms with Gasteiger partial charge in [-0.1, -0.05) is 12.1 Å². The van der Waals surface area contributed by atoms with Crippen molar-refractivity contribution in [2.45, 2.75) is 0 Å². The Balaban J connectivity index is 2.25. The zero-order chi connectivity index (χ0) is 13.1. The van der Waals surface area contributed by atoms with E-state index in [1.807, 2.05) is 24.3 Å². The van der Waals surface area contributed by atoms with Crippen LogP contribution in [0.5, 0.6) is 0 Å². The van der Waals surface area contributed by atoms with Crippen molar-refractivity contribution in [1.82, 2.24) is 9.80 Å². The van der Waals surface area contributed by atoms with E-state index >= 15 is 0 Å². The minimum absolute atomic E-state index is 0.0736. The van der Waals surface area contributed by atoms with E-state index in [0.29, 0.717) is 0 Å². The topological polar surface area (TPSA) is 26.8 Å². The Morgan fingerprint density at radius 1 is 1.11 bits per heavy atom. The minimum atomic E-state index is 0.0736. The highest BCUT2D eigenvalue weighted by molar-refractivity contribution is 5.99. The Labute approximate surface area is 109 Å². The third kappa shape index (κ3) is 2.64. The summed E-state index contributed by atoms with van der Waals surface area (Å²) in [6.45, 7) is 4.05. The third-order valence-corrected chi connectivity index (χ3v) is 3.38. The Hall–Kier alpha value is -1.55. The van der Waals surface area contributed by atoms with Crippen LogP contribution in [-0.4, -0.2) is 63.0 Å². The van der Waals surface area contributed by atoms with Gasteiger partial charge < -0.3 is 14.7 Å². The van der Waals surface area contributed by atoms with Gasteiger partial charge in [-0.15, -0.1) is 0 Å². The Morgan fingerprint density at radius 2 is 1.72 bits per heavy atom. The van der Waals surface area contributed by atoms with Crippen LogP contribution in [0.1, 0.15) is 10.4 Å². The second-order valence-electron chi connectivity index (χ2n) is 5.01. The molecule has 1 aromatic carbocycles. The molecule has 0 unspecified atom stereocenters. The fourth-order valence-electron chi connectivity index (χ4n) is 2.22. The molecule has 0 radical (unpaired) electrons. The lowest BCUT2D eigenvalue weighted by Crippen LogP contribution is -2.45. The number of carbonyl (C=O) groups excluding carboxylic acids is 1. The second-order valence-corrected chi connectivity index (χ2v) is 5.01. The number of carbonyl (C=O) groups is 1. The van der Waals surface area contributed by atoms with Gasteiger partial charge in [0, 0.05) is 46.0 Å². The zero-order valence-corrected chi connectivity index (χ0v) is 11.4. The van der Waals surface area contributed by atoms with Crippen molar-refractivity contribution < 1.29 is 4.79 Å². The van der Waals surface area contributed by atoms with Crippen molar-refractivity contribution in [3.05, 3.63) is 29.8 Å². The summed E-state index contributed by atoms with van der Waals surface area (Å²) in [6.07, 6.45) is 0. The minimum Gasteiger partial charge on any atom is -0.368 e. The third-order valence-electron chi connectivity index (χ3n) is 3.38. The smallest absolute Gasteiger partial charge is 0.255 e. The molecule has 1 aliphatic rings. The molecule has 1 saturated heterocycles. The van der Waals surface area contributed by atoms with E-state index in [0.717, 1.165) is 37.4 Å². The summed E-state index contributed by atoms with van der Waals surface area (Å²) >= 11 is 0. The van der Waals surface area contributed by atoms with Gasteiger partial charge in [0.25, 0.3) is 5.91 Å². The van der Waals surface area contributed by atoms with Crippen LogP contribution in [0.15, 0.2) is 24.3 Å². The fraction of sp³-hybridized carbons (Fsp3) is 0.500. The second kappa shape index (κ2) is 5.40. The molecule has 1 amide bonds. The fourth-order valence-corrected chi connectivity index (χ4v) is 2.22. The van der Waals surface area contributed by atoms with Gasteiger partial charge in [0.15, 0.2) is 0 Å². The van der Waals surface area contributed by atoms with Crippen molar-refractivity contribution in [3.63, 3.8) is 0 Å². The van der Waals surface area contributed by atoms with E-state index in [2.05, 4.69) is 16.8 Å². The lowest BCUT2D eigenvalue weighted by atomic mass is 10.1. The summed E-state index contributed by atoms with van der Waals surface area (Å²) in [6, 6.07) is 7.88. The lowest BCUT2D eigenvalue weighted by molar-refractivity contribution is 0.0828.